The van der Waals surface area contributed by atoms with Gasteiger partial charge in [0.25, 0.3) is 5.91 Å². The lowest BCUT2D eigenvalue weighted by Crippen LogP contribution is -2.39. The molecule has 1 aliphatic heterocycles. The highest BCUT2D eigenvalue weighted by Gasteiger charge is 2.25. The molecule has 3 heterocycles. The summed E-state index contributed by atoms with van der Waals surface area (Å²) in [5.41, 5.74) is 3.67. The molecule has 0 unspecified atom stereocenters. The Kier molecular flexibility index (Phi) is 6.68. The highest BCUT2D eigenvalue weighted by atomic mass is 16.2. The van der Waals surface area contributed by atoms with Gasteiger partial charge < -0.3 is 14.8 Å². The van der Waals surface area contributed by atoms with Crippen LogP contribution in [-0.2, 0) is 11.3 Å². The zero-order valence-electron chi connectivity index (χ0n) is 18.7. The van der Waals surface area contributed by atoms with Crippen molar-refractivity contribution in [1.82, 2.24) is 29.5 Å². The van der Waals surface area contributed by atoms with Crippen LogP contribution in [0.15, 0.2) is 49.1 Å². The van der Waals surface area contributed by atoms with E-state index < -0.39 is 0 Å². The zero-order valence-corrected chi connectivity index (χ0v) is 18.7. The van der Waals surface area contributed by atoms with Crippen molar-refractivity contribution in [2.45, 2.75) is 39.7 Å². The van der Waals surface area contributed by atoms with E-state index >= 15 is 0 Å². The Labute approximate surface area is 188 Å². The van der Waals surface area contributed by atoms with E-state index in [2.05, 4.69) is 15.4 Å². The Bertz CT molecular complexity index is 1050. The van der Waals surface area contributed by atoms with E-state index in [9.17, 15) is 9.59 Å². The number of carbonyl (C=O) groups excluding carboxylic acids is 2. The predicted molar refractivity (Wildman–Crippen MR) is 122 cm³/mol. The molecule has 1 aliphatic rings. The van der Waals surface area contributed by atoms with Crippen LogP contribution in [0.25, 0.3) is 5.69 Å². The van der Waals surface area contributed by atoms with Gasteiger partial charge in [0.2, 0.25) is 5.91 Å². The maximum atomic E-state index is 12.9. The van der Waals surface area contributed by atoms with Crippen LogP contribution in [0.2, 0.25) is 0 Å². The first-order chi connectivity index (χ1) is 15.5. The number of amides is 2. The summed E-state index contributed by atoms with van der Waals surface area (Å²) in [4.78, 5) is 31.0. The average molecular weight is 435 g/mol. The van der Waals surface area contributed by atoms with Crippen LogP contribution in [0, 0.1) is 19.8 Å². The van der Waals surface area contributed by atoms with Crippen molar-refractivity contribution in [2.75, 3.05) is 19.6 Å². The molecule has 1 fully saturated rings. The lowest BCUT2D eigenvalue weighted by atomic mass is 9.93. The minimum absolute atomic E-state index is 0.0492. The van der Waals surface area contributed by atoms with Gasteiger partial charge in [0.05, 0.1) is 17.7 Å². The third-order valence-electron chi connectivity index (χ3n) is 6.00. The van der Waals surface area contributed by atoms with Gasteiger partial charge in [-0.15, -0.1) is 0 Å². The number of piperidine rings is 1. The summed E-state index contributed by atoms with van der Waals surface area (Å²) in [5.74, 6) is 0.448. The Hall–Kier alpha value is -3.42. The molecule has 0 atom stereocenters. The normalized spacial score (nSPS) is 14.5. The zero-order chi connectivity index (χ0) is 22.5. The second-order valence-corrected chi connectivity index (χ2v) is 8.48. The Balaban J connectivity index is 1.23. The summed E-state index contributed by atoms with van der Waals surface area (Å²) in [5, 5.41) is 7.47. The van der Waals surface area contributed by atoms with Gasteiger partial charge in [-0.3, -0.25) is 9.59 Å². The fraction of sp³-hybridized carbons (Fsp3) is 0.417. The van der Waals surface area contributed by atoms with Gasteiger partial charge in [-0.05, 0) is 62.9 Å². The second-order valence-electron chi connectivity index (χ2n) is 8.48. The molecule has 2 aromatic heterocycles. The number of benzene rings is 1. The molecule has 1 aromatic carbocycles. The molecule has 8 heteroatoms. The first kappa shape index (κ1) is 21.8. The minimum Gasteiger partial charge on any atom is -0.354 e. The summed E-state index contributed by atoms with van der Waals surface area (Å²) in [6, 6.07) is 9.65. The van der Waals surface area contributed by atoms with Crippen molar-refractivity contribution < 1.29 is 9.59 Å². The van der Waals surface area contributed by atoms with Gasteiger partial charge in [0.1, 0.15) is 0 Å². The molecule has 2 amide bonds. The molecule has 3 aromatic rings. The van der Waals surface area contributed by atoms with Crippen molar-refractivity contribution in [1.29, 1.82) is 0 Å². The number of aryl methyl sites for hydroxylation is 2. The van der Waals surface area contributed by atoms with Gasteiger partial charge in [-0.25, -0.2) is 9.67 Å². The lowest BCUT2D eigenvalue weighted by Gasteiger charge is -2.32. The number of imidazole rings is 1. The fourth-order valence-electron chi connectivity index (χ4n) is 4.24. The molecule has 1 N–H and O–H groups in total. The summed E-state index contributed by atoms with van der Waals surface area (Å²) < 4.78 is 3.82. The van der Waals surface area contributed by atoms with Crippen molar-refractivity contribution >= 4 is 11.8 Å². The van der Waals surface area contributed by atoms with Crippen molar-refractivity contribution in [3.8, 4) is 5.69 Å². The van der Waals surface area contributed by atoms with Crippen LogP contribution in [0.1, 0.15) is 41.0 Å². The SMILES string of the molecule is Cc1cc(C)n(-c2ccc(C(=O)N3CCC(CC(=O)NCCn4ccnc4)CC3)cc2)n1. The molecule has 32 heavy (non-hydrogen) atoms. The maximum Gasteiger partial charge on any atom is 0.253 e. The van der Waals surface area contributed by atoms with E-state index in [0.29, 0.717) is 37.5 Å². The quantitative estimate of drug-likeness (QED) is 0.620. The molecule has 0 bridgehead atoms. The minimum atomic E-state index is 0.0492. The summed E-state index contributed by atoms with van der Waals surface area (Å²) in [7, 11) is 0. The van der Waals surface area contributed by atoms with E-state index in [4.69, 9.17) is 0 Å². The van der Waals surface area contributed by atoms with E-state index in [1.807, 2.05) is 64.5 Å². The number of hydrogen-bond acceptors (Lipinski definition) is 4. The molecule has 0 spiro atoms. The van der Waals surface area contributed by atoms with Gasteiger partial charge in [0, 0.05) is 56.3 Å². The molecule has 0 radical (unpaired) electrons. The largest absolute Gasteiger partial charge is 0.354 e. The van der Waals surface area contributed by atoms with Crippen LogP contribution in [-0.4, -0.2) is 55.7 Å². The number of aromatic nitrogens is 4. The molecule has 0 saturated carbocycles. The average Bonchev–Trinajstić information content (AvgIpc) is 3.43. The van der Waals surface area contributed by atoms with Crippen molar-refractivity contribution in [3.05, 3.63) is 66.0 Å². The Morgan fingerprint density at radius 1 is 1.12 bits per heavy atom. The summed E-state index contributed by atoms with van der Waals surface area (Å²) in [6.45, 7) is 6.67. The van der Waals surface area contributed by atoms with E-state index in [1.54, 1.807) is 12.5 Å². The number of rotatable bonds is 7. The third-order valence-corrected chi connectivity index (χ3v) is 6.00. The first-order valence-electron chi connectivity index (χ1n) is 11.1. The highest BCUT2D eigenvalue weighted by Crippen LogP contribution is 2.22. The van der Waals surface area contributed by atoms with Crippen molar-refractivity contribution in [3.63, 3.8) is 0 Å². The standard InChI is InChI=1S/C24H30N6O2/c1-18-15-19(2)30(27-18)22-5-3-21(4-6-22)24(32)29-11-7-20(8-12-29)16-23(31)26-10-14-28-13-9-25-17-28/h3-6,9,13,15,17,20H,7-8,10-12,14,16H2,1-2H3,(H,26,31). The number of hydrogen-bond donors (Lipinski definition) is 1. The summed E-state index contributed by atoms with van der Waals surface area (Å²) >= 11 is 0. The number of carbonyl (C=O) groups is 2. The lowest BCUT2D eigenvalue weighted by molar-refractivity contribution is -0.122. The van der Waals surface area contributed by atoms with Gasteiger partial charge in [-0.1, -0.05) is 0 Å². The molecule has 168 valence electrons. The van der Waals surface area contributed by atoms with Gasteiger partial charge >= 0.3 is 0 Å². The van der Waals surface area contributed by atoms with Crippen LogP contribution in [0.5, 0.6) is 0 Å². The van der Waals surface area contributed by atoms with E-state index in [-0.39, 0.29) is 11.8 Å². The Morgan fingerprint density at radius 2 is 1.88 bits per heavy atom. The first-order valence-corrected chi connectivity index (χ1v) is 11.1. The number of nitrogens with one attached hydrogen (secondary N) is 1. The molecule has 4 rings (SSSR count). The van der Waals surface area contributed by atoms with Gasteiger partial charge in [-0.2, -0.15) is 5.10 Å². The van der Waals surface area contributed by atoms with Crippen LogP contribution in [0.3, 0.4) is 0 Å². The molecule has 8 nitrogen and oxygen atoms in total. The highest BCUT2D eigenvalue weighted by molar-refractivity contribution is 5.94. The predicted octanol–water partition coefficient (Wildman–Crippen LogP) is 2.74. The smallest absolute Gasteiger partial charge is 0.253 e. The van der Waals surface area contributed by atoms with Crippen LogP contribution in [0.4, 0.5) is 0 Å². The molecule has 0 aliphatic carbocycles. The van der Waals surface area contributed by atoms with Crippen LogP contribution >= 0.6 is 0 Å². The summed E-state index contributed by atoms with van der Waals surface area (Å²) in [6.07, 6.45) is 7.57. The Morgan fingerprint density at radius 3 is 2.50 bits per heavy atom. The topological polar surface area (TPSA) is 85.0 Å². The van der Waals surface area contributed by atoms with Crippen molar-refractivity contribution in [2.24, 2.45) is 5.92 Å². The molecular formula is C24H30N6O2. The monoisotopic (exact) mass is 434 g/mol. The van der Waals surface area contributed by atoms with E-state index in [1.165, 1.54) is 0 Å². The number of nitrogens with zero attached hydrogens (tertiary/aromatic N) is 5. The molecular weight excluding hydrogens is 404 g/mol. The van der Waals surface area contributed by atoms with Gasteiger partial charge in [0.15, 0.2) is 0 Å². The third kappa shape index (κ3) is 5.25. The second kappa shape index (κ2) is 9.80. The van der Waals surface area contributed by atoms with Crippen LogP contribution < -0.4 is 5.32 Å². The maximum absolute atomic E-state index is 12.9. The molecule has 1 saturated heterocycles. The fourth-order valence-corrected chi connectivity index (χ4v) is 4.24. The van der Waals surface area contributed by atoms with E-state index in [0.717, 1.165) is 36.5 Å². The number of likely N-dealkylation sites (tertiary alicyclic amines) is 1.